The molecule has 6 heteroatoms. The molecule has 2 aromatic rings. The van der Waals surface area contributed by atoms with Gasteiger partial charge in [0.1, 0.15) is 18.2 Å². The number of hydrogen-bond acceptors (Lipinski definition) is 2. The van der Waals surface area contributed by atoms with Gasteiger partial charge in [-0.3, -0.25) is 4.79 Å². The van der Waals surface area contributed by atoms with Gasteiger partial charge in [0, 0.05) is 11.1 Å². The Hall–Kier alpha value is -3.15. The Morgan fingerprint density at radius 3 is 2.71 bits per heavy atom. The Kier molecular flexibility index (Phi) is 4.04. The molecule has 4 N–H and O–H groups in total. The molecule has 0 radical (unpaired) electrons. The van der Waals surface area contributed by atoms with E-state index in [1.807, 2.05) is 13.0 Å². The van der Waals surface area contributed by atoms with E-state index in [1.54, 1.807) is 24.3 Å². The number of rotatable bonds is 2. The first-order valence-electron chi connectivity index (χ1n) is 7.33. The zero-order chi connectivity index (χ0) is 17.3. The number of benzene rings is 2. The van der Waals surface area contributed by atoms with Gasteiger partial charge in [-0.05, 0) is 60.0 Å². The largest absolute Gasteiger partial charge is 0.489 e. The van der Waals surface area contributed by atoms with Crippen LogP contribution in [-0.2, 0) is 0 Å². The van der Waals surface area contributed by atoms with E-state index >= 15 is 0 Å². The van der Waals surface area contributed by atoms with Gasteiger partial charge in [-0.1, -0.05) is 6.07 Å². The highest BCUT2D eigenvalue weighted by Crippen LogP contribution is 2.36. The fourth-order valence-corrected chi connectivity index (χ4v) is 2.65. The van der Waals surface area contributed by atoms with Crippen LogP contribution in [0.25, 0.3) is 5.57 Å². The fraction of sp³-hybridized carbons (Fsp3) is 0.111. The van der Waals surface area contributed by atoms with Gasteiger partial charge in [0.05, 0.1) is 0 Å². The number of aliphatic imine (C=N–C) groups is 1. The second-order valence-electron chi connectivity index (χ2n) is 5.44. The Morgan fingerprint density at radius 2 is 1.96 bits per heavy atom. The van der Waals surface area contributed by atoms with E-state index in [0.717, 1.165) is 16.7 Å². The lowest BCUT2D eigenvalue weighted by atomic mass is 9.91. The summed E-state index contributed by atoms with van der Waals surface area (Å²) in [6, 6.07) is 9.54. The molecule has 1 amide bonds. The number of ether oxygens (including phenoxy) is 1. The van der Waals surface area contributed by atoms with Crippen LogP contribution in [0.5, 0.6) is 5.75 Å². The fourth-order valence-electron chi connectivity index (χ4n) is 2.65. The summed E-state index contributed by atoms with van der Waals surface area (Å²) in [6.45, 7) is 2.28. The molecule has 0 fully saturated rings. The average molecular weight is 325 g/mol. The van der Waals surface area contributed by atoms with Crippen molar-refractivity contribution in [3.8, 4) is 5.75 Å². The van der Waals surface area contributed by atoms with Crippen LogP contribution < -0.4 is 16.2 Å². The van der Waals surface area contributed by atoms with E-state index in [1.165, 1.54) is 12.1 Å². The number of carbonyl (C=O) groups excluding carboxylic acids is 1. The second kappa shape index (κ2) is 6.16. The summed E-state index contributed by atoms with van der Waals surface area (Å²) in [6.07, 6.45) is 1.86. The van der Waals surface area contributed by atoms with Crippen molar-refractivity contribution < 1.29 is 13.9 Å². The first-order valence-corrected chi connectivity index (χ1v) is 7.33. The van der Waals surface area contributed by atoms with E-state index in [0.29, 0.717) is 23.5 Å². The quantitative estimate of drug-likeness (QED) is 0.655. The van der Waals surface area contributed by atoms with Crippen molar-refractivity contribution in [2.24, 2.45) is 16.5 Å². The molecule has 5 nitrogen and oxygen atoms in total. The van der Waals surface area contributed by atoms with Crippen molar-refractivity contribution in [2.75, 3.05) is 6.61 Å². The van der Waals surface area contributed by atoms with Crippen molar-refractivity contribution >= 4 is 17.4 Å². The van der Waals surface area contributed by atoms with E-state index in [4.69, 9.17) is 16.2 Å². The topological polar surface area (TPSA) is 90.7 Å². The molecule has 0 aliphatic carbocycles. The van der Waals surface area contributed by atoms with Crippen LogP contribution in [0.3, 0.4) is 0 Å². The Labute approximate surface area is 138 Å². The number of halogens is 1. The number of hydrogen-bond donors (Lipinski definition) is 2. The molecule has 0 unspecified atom stereocenters. The van der Waals surface area contributed by atoms with Crippen LogP contribution in [0.4, 0.5) is 4.39 Å². The number of nitrogens with zero attached hydrogens (tertiary/aromatic N) is 1. The van der Waals surface area contributed by atoms with Gasteiger partial charge < -0.3 is 16.2 Å². The lowest BCUT2D eigenvalue weighted by Crippen LogP contribution is -2.24. The van der Waals surface area contributed by atoms with Crippen LogP contribution in [0.2, 0.25) is 0 Å². The SMILES string of the molecule is Cc1ccc(F)cc1C1=CCOc2ccc(C(=O)N=C(N)N)cc21. The summed E-state index contributed by atoms with van der Waals surface area (Å²) in [4.78, 5) is 15.6. The van der Waals surface area contributed by atoms with Gasteiger partial charge in [0.25, 0.3) is 5.91 Å². The second-order valence-corrected chi connectivity index (χ2v) is 5.44. The normalized spacial score (nSPS) is 12.7. The lowest BCUT2D eigenvalue weighted by molar-refractivity contribution is 0.100. The Bertz CT molecular complexity index is 884. The highest BCUT2D eigenvalue weighted by Gasteiger charge is 2.19. The maximum Gasteiger partial charge on any atom is 0.280 e. The molecule has 1 aliphatic heterocycles. The predicted octanol–water partition coefficient (Wildman–Crippen LogP) is 2.37. The van der Waals surface area contributed by atoms with E-state index in [9.17, 15) is 9.18 Å². The first kappa shape index (κ1) is 15.7. The Balaban J connectivity index is 2.11. The van der Waals surface area contributed by atoms with E-state index in [-0.39, 0.29) is 11.8 Å². The van der Waals surface area contributed by atoms with Gasteiger partial charge in [0.2, 0.25) is 0 Å². The third-order valence-electron chi connectivity index (χ3n) is 3.76. The molecular weight excluding hydrogens is 309 g/mol. The van der Waals surface area contributed by atoms with Gasteiger partial charge in [-0.15, -0.1) is 0 Å². The van der Waals surface area contributed by atoms with Crippen molar-refractivity contribution in [1.82, 2.24) is 0 Å². The third kappa shape index (κ3) is 2.99. The predicted molar refractivity (Wildman–Crippen MR) is 90.3 cm³/mol. The standard InChI is InChI=1S/C18H16FN3O2/c1-10-2-4-12(19)9-14(10)13-6-7-24-16-5-3-11(8-15(13)16)17(23)22-18(20)21/h2-6,8-9H,7H2,1H3,(H4,20,21,22,23). The molecule has 0 spiro atoms. The number of nitrogens with two attached hydrogens (primary N) is 2. The minimum atomic E-state index is -0.543. The molecule has 0 aromatic heterocycles. The number of guanidine groups is 1. The van der Waals surface area contributed by atoms with Crippen molar-refractivity contribution in [2.45, 2.75) is 6.92 Å². The zero-order valence-corrected chi connectivity index (χ0v) is 13.0. The summed E-state index contributed by atoms with van der Waals surface area (Å²) in [5.41, 5.74) is 14.0. The minimum Gasteiger partial charge on any atom is -0.489 e. The highest BCUT2D eigenvalue weighted by atomic mass is 19.1. The number of aryl methyl sites for hydroxylation is 1. The smallest absolute Gasteiger partial charge is 0.280 e. The van der Waals surface area contributed by atoms with Crippen LogP contribution in [0, 0.1) is 12.7 Å². The molecule has 0 bridgehead atoms. The van der Waals surface area contributed by atoms with Crippen molar-refractivity contribution in [1.29, 1.82) is 0 Å². The number of amides is 1. The van der Waals surface area contributed by atoms with Crippen molar-refractivity contribution in [3.63, 3.8) is 0 Å². The van der Waals surface area contributed by atoms with E-state index in [2.05, 4.69) is 4.99 Å². The molecule has 3 rings (SSSR count). The third-order valence-corrected chi connectivity index (χ3v) is 3.76. The molecule has 1 heterocycles. The Morgan fingerprint density at radius 1 is 1.17 bits per heavy atom. The van der Waals surface area contributed by atoms with Crippen LogP contribution in [0.15, 0.2) is 47.5 Å². The van der Waals surface area contributed by atoms with Gasteiger partial charge in [0.15, 0.2) is 5.96 Å². The van der Waals surface area contributed by atoms with E-state index < -0.39 is 5.91 Å². The molecule has 1 aliphatic rings. The van der Waals surface area contributed by atoms with Gasteiger partial charge >= 0.3 is 0 Å². The summed E-state index contributed by atoms with van der Waals surface area (Å²) < 4.78 is 19.3. The molecule has 0 saturated heterocycles. The number of carbonyl (C=O) groups is 1. The summed E-state index contributed by atoms with van der Waals surface area (Å²) in [5, 5.41) is 0. The van der Waals surface area contributed by atoms with Crippen LogP contribution >= 0.6 is 0 Å². The molecular formula is C18H16FN3O2. The summed E-state index contributed by atoms with van der Waals surface area (Å²) >= 11 is 0. The van der Waals surface area contributed by atoms with Gasteiger partial charge in [-0.2, -0.15) is 4.99 Å². The maximum absolute atomic E-state index is 13.7. The molecule has 2 aromatic carbocycles. The van der Waals surface area contributed by atoms with Crippen molar-refractivity contribution in [3.05, 3.63) is 70.5 Å². The minimum absolute atomic E-state index is 0.300. The lowest BCUT2D eigenvalue weighted by Gasteiger charge is -2.20. The molecule has 24 heavy (non-hydrogen) atoms. The zero-order valence-electron chi connectivity index (χ0n) is 13.0. The summed E-state index contributed by atoms with van der Waals surface area (Å²) in [5.74, 6) is -0.543. The maximum atomic E-state index is 13.7. The van der Waals surface area contributed by atoms with Crippen LogP contribution in [0.1, 0.15) is 27.0 Å². The van der Waals surface area contributed by atoms with Crippen LogP contribution in [-0.4, -0.2) is 18.5 Å². The first-order chi connectivity index (χ1) is 11.5. The highest BCUT2D eigenvalue weighted by molar-refractivity contribution is 6.03. The molecule has 0 atom stereocenters. The number of fused-ring (bicyclic) bond motifs is 1. The van der Waals surface area contributed by atoms with Gasteiger partial charge in [-0.25, -0.2) is 4.39 Å². The monoisotopic (exact) mass is 325 g/mol. The average Bonchev–Trinajstić information content (AvgIpc) is 2.55. The summed E-state index contributed by atoms with van der Waals surface area (Å²) in [7, 11) is 0. The molecule has 0 saturated carbocycles. The molecule has 122 valence electrons.